The molecule has 4 amide bonds. The molecular formula is C12H19N3O5S. The maximum atomic E-state index is 11.8. The summed E-state index contributed by atoms with van der Waals surface area (Å²) in [6.07, 6.45) is 2.52. The largest absolute Gasteiger partial charge is 0.480 e. The molecule has 0 aliphatic carbocycles. The van der Waals surface area contributed by atoms with Crippen molar-refractivity contribution in [2.45, 2.75) is 31.3 Å². The maximum absolute atomic E-state index is 11.8. The van der Waals surface area contributed by atoms with E-state index in [0.717, 1.165) is 4.90 Å². The van der Waals surface area contributed by atoms with Gasteiger partial charge in [-0.1, -0.05) is 0 Å². The van der Waals surface area contributed by atoms with E-state index in [1.54, 1.807) is 0 Å². The number of nitrogens with zero attached hydrogens (tertiary/aromatic N) is 1. The van der Waals surface area contributed by atoms with Crippen LogP contribution in [0.4, 0.5) is 4.79 Å². The molecule has 0 aromatic heterocycles. The molecule has 118 valence electrons. The van der Waals surface area contributed by atoms with Crippen LogP contribution in [0.3, 0.4) is 0 Å². The van der Waals surface area contributed by atoms with Gasteiger partial charge >= 0.3 is 12.0 Å². The van der Waals surface area contributed by atoms with Crippen molar-refractivity contribution in [1.82, 2.24) is 15.5 Å². The van der Waals surface area contributed by atoms with Crippen LogP contribution in [0.25, 0.3) is 0 Å². The number of nitrogens with one attached hydrogen (secondary N) is 2. The first kappa shape index (κ1) is 17.3. The number of hydrogen-bond acceptors (Lipinski definition) is 5. The van der Waals surface area contributed by atoms with Crippen molar-refractivity contribution in [2.24, 2.45) is 0 Å². The van der Waals surface area contributed by atoms with Crippen molar-refractivity contribution in [1.29, 1.82) is 0 Å². The Morgan fingerprint density at radius 3 is 2.71 bits per heavy atom. The number of imide groups is 1. The Kier molecular flexibility index (Phi) is 6.47. The molecule has 2 atom stereocenters. The van der Waals surface area contributed by atoms with Crippen molar-refractivity contribution in [3.05, 3.63) is 0 Å². The monoisotopic (exact) mass is 317 g/mol. The SMILES string of the molecule is CSCCC(NC(=O)NC1CCC(=O)N(C)C1=O)C(=O)O. The highest BCUT2D eigenvalue weighted by atomic mass is 32.2. The van der Waals surface area contributed by atoms with Crippen molar-refractivity contribution in [3.63, 3.8) is 0 Å². The average molecular weight is 317 g/mol. The fourth-order valence-corrected chi connectivity index (χ4v) is 2.37. The molecule has 1 aliphatic rings. The van der Waals surface area contributed by atoms with Gasteiger partial charge in [0.15, 0.2) is 0 Å². The molecule has 0 bridgehead atoms. The number of thioether (sulfide) groups is 1. The van der Waals surface area contributed by atoms with E-state index < -0.39 is 30.0 Å². The topological polar surface area (TPSA) is 116 Å². The van der Waals surface area contributed by atoms with Crippen LogP contribution in [-0.2, 0) is 14.4 Å². The Bertz CT molecular complexity index is 443. The summed E-state index contributed by atoms with van der Waals surface area (Å²) in [5.74, 6) is -1.31. The number of carboxylic acids is 1. The lowest BCUT2D eigenvalue weighted by atomic mass is 10.1. The normalized spacial score (nSPS) is 20.1. The van der Waals surface area contributed by atoms with Gasteiger partial charge in [0.1, 0.15) is 12.1 Å². The summed E-state index contributed by atoms with van der Waals surface area (Å²) in [5, 5.41) is 13.8. The molecule has 1 fully saturated rings. The number of carbonyl (C=O) groups excluding carboxylic acids is 3. The third-order valence-corrected chi connectivity index (χ3v) is 3.81. The second kappa shape index (κ2) is 7.87. The van der Waals surface area contributed by atoms with E-state index in [2.05, 4.69) is 10.6 Å². The summed E-state index contributed by atoms with van der Waals surface area (Å²) in [4.78, 5) is 46.9. The van der Waals surface area contributed by atoms with Crippen LogP contribution < -0.4 is 10.6 Å². The fourth-order valence-electron chi connectivity index (χ4n) is 1.90. The van der Waals surface area contributed by atoms with E-state index in [0.29, 0.717) is 12.2 Å². The minimum atomic E-state index is -1.12. The summed E-state index contributed by atoms with van der Waals surface area (Å²) < 4.78 is 0. The smallest absolute Gasteiger partial charge is 0.326 e. The first-order chi connectivity index (χ1) is 9.86. The number of carbonyl (C=O) groups is 4. The van der Waals surface area contributed by atoms with Gasteiger partial charge in [-0.05, 0) is 24.9 Å². The van der Waals surface area contributed by atoms with Crippen molar-refractivity contribution in [3.8, 4) is 0 Å². The molecule has 0 saturated carbocycles. The quantitative estimate of drug-likeness (QED) is 0.576. The zero-order valence-electron chi connectivity index (χ0n) is 11.9. The number of hydrogen-bond donors (Lipinski definition) is 3. The van der Waals surface area contributed by atoms with Crippen LogP contribution in [0, 0.1) is 0 Å². The lowest BCUT2D eigenvalue weighted by Gasteiger charge is -2.28. The number of aliphatic carboxylic acids is 1. The molecule has 1 heterocycles. The number of carboxylic acid groups (broad SMARTS) is 1. The lowest BCUT2D eigenvalue weighted by molar-refractivity contribution is -0.147. The molecule has 0 aromatic rings. The molecular weight excluding hydrogens is 298 g/mol. The van der Waals surface area contributed by atoms with Crippen LogP contribution >= 0.6 is 11.8 Å². The molecule has 8 nitrogen and oxygen atoms in total. The number of likely N-dealkylation sites (N-methyl/N-ethyl adjacent to an activating group) is 1. The lowest BCUT2D eigenvalue weighted by Crippen LogP contribution is -2.56. The Morgan fingerprint density at radius 1 is 1.48 bits per heavy atom. The third kappa shape index (κ3) is 4.92. The first-order valence-electron chi connectivity index (χ1n) is 6.46. The van der Waals surface area contributed by atoms with Gasteiger partial charge in [-0.2, -0.15) is 11.8 Å². The van der Waals surface area contributed by atoms with Crippen LogP contribution in [0.2, 0.25) is 0 Å². The van der Waals surface area contributed by atoms with Crippen molar-refractivity contribution >= 4 is 35.6 Å². The number of piperidine rings is 1. The second-order valence-electron chi connectivity index (χ2n) is 4.67. The van der Waals surface area contributed by atoms with Crippen LogP contribution in [0.5, 0.6) is 0 Å². The Labute approximate surface area is 126 Å². The summed E-state index contributed by atoms with van der Waals surface area (Å²) in [7, 11) is 1.36. The van der Waals surface area contributed by atoms with Crippen LogP contribution in [-0.4, -0.2) is 65.0 Å². The summed E-state index contributed by atoms with van der Waals surface area (Å²) >= 11 is 1.48. The molecule has 1 saturated heterocycles. The minimum absolute atomic E-state index is 0.169. The Morgan fingerprint density at radius 2 is 2.14 bits per heavy atom. The molecule has 1 rings (SSSR count). The van der Waals surface area contributed by atoms with E-state index in [9.17, 15) is 19.2 Å². The van der Waals surface area contributed by atoms with Gasteiger partial charge in [-0.3, -0.25) is 14.5 Å². The van der Waals surface area contributed by atoms with Crippen LogP contribution in [0.15, 0.2) is 0 Å². The van der Waals surface area contributed by atoms with Gasteiger partial charge in [0.2, 0.25) is 5.91 Å². The fraction of sp³-hybridized carbons (Fsp3) is 0.667. The maximum Gasteiger partial charge on any atom is 0.326 e. The highest BCUT2D eigenvalue weighted by Crippen LogP contribution is 2.11. The second-order valence-corrected chi connectivity index (χ2v) is 5.66. The van der Waals surface area contributed by atoms with E-state index in [-0.39, 0.29) is 18.7 Å². The predicted molar refractivity (Wildman–Crippen MR) is 76.9 cm³/mol. The molecule has 0 radical (unpaired) electrons. The van der Waals surface area contributed by atoms with Crippen molar-refractivity contribution in [2.75, 3.05) is 19.1 Å². The zero-order chi connectivity index (χ0) is 16.0. The van der Waals surface area contributed by atoms with Gasteiger partial charge in [0.05, 0.1) is 0 Å². The zero-order valence-corrected chi connectivity index (χ0v) is 12.7. The minimum Gasteiger partial charge on any atom is -0.480 e. The van der Waals surface area contributed by atoms with E-state index in [4.69, 9.17) is 5.11 Å². The van der Waals surface area contributed by atoms with E-state index in [1.165, 1.54) is 18.8 Å². The number of rotatable bonds is 6. The average Bonchev–Trinajstić information content (AvgIpc) is 2.43. The highest BCUT2D eigenvalue weighted by molar-refractivity contribution is 7.98. The molecule has 0 aromatic carbocycles. The number of amides is 4. The molecule has 0 spiro atoms. The van der Waals surface area contributed by atoms with Gasteiger partial charge in [0.25, 0.3) is 5.91 Å². The standard InChI is InChI=1S/C12H19N3O5S/c1-15-9(16)4-3-7(10(15)17)13-12(20)14-8(11(18)19)5-6-21-2/h7-8H,3-6H2,1-2H3,(H,18,19)(H2,13,14,20). The molecule has 21 heavy (non-hydrogen) atoms. The first-order valence-corrected chi connectivity index (χ1v) is 7.85. The van der Waals surface area contributed by atoms with Gasteiger partial charge in [-0.25, -0.2) is 9.59 Å². The summed E-state index contributed by atoms with van der Waals surface area (Å²) in [6, 6.07) is -2.53. The van der Waals surface area contributed by atoms with Crippen molar-refractivity contribution < 1.29 is 24.3 Å². The van der Waals surface area contributed by atoms with E-state index >= 15 is 0 Å². The molecule has 2 unspecified atom stereocenters. The summed E-state index contributed by atoms with van der Waals surface area (Å²) in [5.41, 5.74) is 0. The summed E-state index contributed by atoms with van der Waals surface area (Å²) in [6.45, 7) is 0. The van der Waals surface area contributed by atoms with Crippen LogP contribution in [0.1, 0.15) is 19.3 Å². The van der Waals surface area contributed by atoms with Gasteiger partial charge in [0, 0.05) is 13.5 Å². The Balaban J connectivity index is 2.54. The molecule has 3 N–H and O–H groups in total. The third-order valence-electron chi connectivity index (χ3n) is 3.17. The number of urea groups is 1. The van der Waals surface area contributed by atoms with E-state index in [1.807, 2.05) is 6.26 Å². The highest BCUT2D eigenvalue weighted by Gasteiger charge is 2.33. The van der Waals surface area contributed by atoms with Gasteiger partial charge < -0.3 is 15.7 Å². The number of likely N-dealkylation sites (tertiary alicyclic amines) is 1. The predicted octanol–water partition coefficient (Wildman–Crippen LogP) is -0.361. The van der Waals surface area contributed by atoms with Gasteiger partial charge in [-0.15, -0.1) is 0 Å². The molecule has 9 heteroatoms. The molecule has 1 aliphatic heterocycles. The Hall–Kier alpha value is -1.77.